The zero-order valence-electron chi connectivity index (χ0n) is 10.8. The van der Waals surface area contributed by atoms with Crippen LogP contribution in [0.3, 0.4) is 0 Å². The Balaban J connectivity index is 1.78. The van der Waals surface area contributed by atoms with Gasteiger partial charge >= 0.3 is 0 Å². The Bertz CT molecular complexity index is 365. The Morgan fingerprint density at radius 2 is 2.28 bits per heavy atom. The Morgan fingerprint density at radius 1 is 1.50 bits per heavy atom. The van der Waals surface area contributed by atoms with Crippen LogP contribution in [0.2, 0.25) is 0 Å². The van der Waals surface area contributed by atoms with Crippen LogP contribution >= 0.6 is 0 Å². The number of pyridine rings is 1. The third-order valence-electron chi connectivity index (χ3n) is 3.47. The summed E-state index contributed by atoms with van der Waals surface area (Å²) in [4.78, 5) is 6.28. The number of halogens is 1. The van der Waals surface area contributed by atoms with Crippen molar-refractivity contribution in [3.05, 3.63) is 29.8 Å². The van der Waals surface area contributed by atoms with E-state index in [0.29, 0.717) is 12.1 Å². The Kier molecular flexibility index (Phi) is 4.66. The molecule has 1 N–H and O–H groups in total. The van der Waals surface area contributed by atoms with Gasteiger partial charge in [0.15, 0.2) is 0 Å². The largest absolute Gasteiger partial charge is 0.387 e. The first-order valence-electron chi connectivity index (χ1n) is 6.71. The number of hydrogen-bond acceptors (Lipinski definition) is 3. The monoisotopic (exact) mass is 252 g/mol. The van der Waals surface area contributed by atoms with Crippen LogP contribution < -0.4 is 0 Å². The van der Waals surface area contributed by atoms with Crippen molar-refractivity contribution in [1.29, 1.82) is 0 Å². The van der Waals surface area contributed by atoms with Crippen LogP contribution in [0.5, 0.6) is 0 Å². The smallest absolute Gasteiger partial charge is 0.141 e. The molecule has 1 heterocycles. The molecule has 1 unspecified atom stereocenters. The van der Waals surface area contributed by atoms with Crippen LogP contribution in [0.25, 0.3) is 0 Å². The summed E-state index contributed by atoms with van der Waals surface area (Å²) in [7, 11) is 0. The van der Waals surface area contributed by atoms with Gasteiger partial charge in [-0.25, -0.2) is 4.39 Å². The first-order chi connectivity index (χ1) is 8.69. The molecular formula is C14H21FN2O. The van der Waals surface area contributed by atoms with Crippen molar-refractivity contribution >= 4 is 0 Å². The molecule has 100 valence electrons. The number of aliphatic hydroxyl groups is 1. The van der Waals surface area contributed by atoms with Gasteiger partial charge in [-0.15, -0.1) is 0 Å². The molecule has 0 saturated heterocycles. The first kappa shape index (κ1) is 13.4. The van der Waals surface area contributed by atoms with E-state index in [9.17, 15) is 9.50 Å². The van der Waals surface area contributed by atoms with Gasteiger partial charge in [-0.05, 0) is 43.9 Å². The quantitative estimate of drug-likeness (QED) is 0.809. The van der Waals surface area contributed by atoms with Crippen molar-refractivity contribution in [2.24, 2.45) is 5.92 Å². The summed E-state index contributed by atoms with van der Waals surface area (Å²) < 4.78 is 12.7. The number of hydrogen-bond donors (Lipinski definition) is 1. The number of aliphatic hydroxyl groups excluding tert-OH is 1. The van der Waals surface area contributed by atoms with Crippen molar-refractivity contribution in [3.63, 3.8) is 0 Å². The summed E-state index contributed by atoms with van der Waals surface area (Å²) in [6.07, 6.45) is 3.90. The predicted octanol–water partition coefficient (Wildman–Crippen LogP) is 2.38. The van der Waals surface area contributed by atoms with Crippen LogP contribution in [0.15, 0.2) is 18.3 Å². The van der Waals surface area contributed by atoms with Gasteiger partial charge < -0.3 is 10.0 Å². The van der Waals surface area contributed by atoms with Gasteiger partial charge in [-0.1, -0.05) is 6.92 Å². The van der Waals surface area contributed by atoms with Crippen LogP contribution in [0, 0.1) is 11.7 Å². The normalized spacial score (nSPS) is 17.1. The molecule has 1 aromatic rings. The summed E-state index contributed by atoms with van der Waals surface area (Å²) in [5.41, 5.74) is 0.555. The maximum atomic E-state index is 12.7. The van der Waals surface area contributed by atoms with E-state index in [-0.39, 0.29) is 5.82 Å². The van der Waals surface area contributed by atoms with Crippen molar-refractivity contribution in [1.82, 2.24) is 9.88 Å². The van der Waals surface area contributed by atoms with Gasteiger partial charge in [0.05, 0.1) is 18.0 Å². The van der Waals surface area contributed by atoms with E-state index in [4.69, 9.17) is 0 Å². The number of aromatic nitrogens is 1. The molecule has 0 aliphatic heterocycles. The molecule has 0 spiro atoms. The molecule has 1 aliphatic carbocycles. The molecule has 1 atom stereocenters. The van der Waals surface area contributed by atoms with Gasteiger partial charge in [0, 0.05) is 13.1 Å². The van der Waals surface area contributed by atoms with E-state index in [1.807, 2.05) is 0 Å². The lowest BCUT2D eigenvalue weighted by atomic mass is 10.1. The fraction of sp³-hybridized carbons (Fsp3) is 0.643. The third-order valence-corrected chi connectivity index (χ3v) is 3.47. The highest BCUT2D eigenvalue weighted by Gasteiger charge is 2.23. The van der Waals surface area contributed by atoms with Gasteiger partial charge in [0.1, 0.15) is 5.82 Å². The molecule has 1 aromatic heterocycles. The van der Waals surface area contributed by atoms with Crippen molar-refractivity contribution in [2.75, 3.05) is 19.6 Å². The molecule has 1 saturated carbocycles. The SMILES string of the molecule is CCN(CCC(O)c1ccc(F)cn1)CC1CC1. The minimum atomic E-state index is -0.598. The summed E-state index contributed by atoms with van der Waals surface area (Å²) >= 11 is 0. The topological polar surface area (TPSA) is 36.4 Å². The summed E-state index contributed by atoms with van der Waals surface area (Å²) in [5.74, 6) is 0.501. The zero-order valence-corrected chi connectivity index (χ0v) is 10.8. The van der Waals surface area contributed by atoms with Gasteiger partial charge in [0.2, 0.25) is 0 Å². The molecule has 0 bridgehead atoms. The fourth-order valence-corrected chi connectivity index (χ4v) is 2.08. The predicted molar refractivity (Wildman–Crippen MR) is 68.6 cm³/mol. The van der Waals surface area contributed by atoms with Gasteiger partial charge in [0.25, 0.3) is 0 Å². The first-order valence-corrected chi connectivity index (χ1v) is 6.71. The summed E-state index contributed by atoms with van der Waals surface area (Å²) in [6, 6.07) is 2.89. The van der Waals surface area contributed by atoms with Crippen molar-refractivity contribution < 1.29 is 9.50 Å². The molecule has 18 heavy (non-hydrogen) atoms. The second kappa shape index (κ2) is 6.25. The highest BCUT2D eigenvalue weighted by atomic mass is 19.1. The Morgan fingerprint density at radius 3 is 2.83 bits per heavy atom. The van der Waals surface area contributed by atoms with Crippen molar-refractivity contribution in [2.45, 2.75) is 32.3 Å². The van der Waals surface area contributed by atoms with Gasteiger partial charge in [-0.3, -0.25) is 4.98 Å². The molecule has 0 aromatic carbocycles. The Labute approximate surface area is 108 Å². The van der Waals surface area contributed by atoms with Crippen LogP contribution in [0.1, 0.15) is 38.0 Å². The third kappa shape index (κ3) is 4.03. The van der Waals surface area contributed by atoms with Crippen LogP contribution in [-0.4, -0.2) is 34.6 Å². The maximum Gasteiger partial charge on any atom is 0.141 e. The highest BCUT2D eigenvalue weighted by Crippen LogP contribution is 2.29. The minimum Gasteiger partial charge on any atom is -0.387 e. The second-order valence-corrected chi connectivity index (χ2v) is 5.04. The van der Waals surface area contributed by atoms with E-state index in [1.165, 1.54) is 18.9 Å². The summed E-state index contributed by atoms with van der Waals surface area (Å²) in [5, 5.41) is 9.99. The molecule has 3 nitrogen and oxygen atoms in total. The van der Waals surface area contributed by atoms with E-state index < -0.39 is 6.10 Å². The molecular weight excluding hydrogens is 231 g/mol. The summed E-state index contributed by atoms with van der Waals surface area (Å²) in [6.45, 7) is 5.16. The average molecular weight is 252 g/mol. The molecule has 0 amide bonds. The number of nitrogens with zero attached hydrogens (tertiary/aromatic N) is 2. The maximum absolute atomic E-state index is 12.7. The minimum absolute atomic E-state index is 0.366. The molecule has 1 aliphatic rings. The standard InChI is InChI=1S/C14H21FN2O/c1-2-17(10-11-3-4-11)8-7-14(18)13-6-5-12(15)9-16-13/h5-6,9,11,14,18H,2-4,7-8,10H2,1H3. The van der Waals surface area contributed by atoms with E-state index >= 15 is 0 Å². The molecule has 4 heteroatoms. The molecule has 2 rings (SSSR count). The average Bonchev–Trinajstić information content (AvgIpc) is 3.18. The fourth-order valence-electron chi connectivity index (χ4n) is 2.08. The van der Waals surface area contributed by atoms with Crippen molar-refractivity contribution in [3.8, 4) is 0 Å². The van der Waals surface area contributed by atoms with Crippen LogP contribution in [-0.2, 0) is 0 Å². The molecule has 1 fully saturated rings. The Hall–Kier alpha value is -1.00. The van der Waals surface area contributed by atoms with Crippen LogP contribution in [0.4, 0.5) is 4.39 Å². The lowest BCUT2D eigenvalue weighted by Gasteiger charge is -2.21. The van der Waals surface area contributed by atoms with E-state index in [0.717, 1.165) is 31.7 Å². The van der Waals surface area contributed by atoms with Gasteiger partial charge in [-0.2, -0.15) is 0 Å². The highest BCUT2D eigenvalue weighted by molar-refractivity contribution is 5.07. The molecule has 0 radical (unpaired) electrons. The lowest BCUT2D eigenvalue weighted by molar-refractivity contribution is 0.138. The lowest BCUT2D eigenvalue weighted by Crippen LogP contribution is -2.28. The zero-order chi connectivity index (χ0) is 13.0. The second-order valence-electron chi connectivity index (χ2n) is 5.04. The van der Waals surface area contributed by atoms with E-state index in [2.05, 4.69) is 16.8 Å². The van der Waals surface area contributed by atoms with E-state index in [1.54, 1.807) is 6.07 Å². The number of rotatable bonds is 7.